The van der Waals surface area contributed by atoms with Gasteiger partial charge in [0.15, 0.2) is 6.10 Å². The van der Waals surface area contributed by atoms with Gasteiger partial charge < -0.3 is 18.9 Å². The van der Waals surface area contributed by atoms with Crippen LogP contribution in [0.4, 0.5) is 0 Å². The van der Waals surface area contributed by atoms with E-state index in [9.17, 15) is 19.0 Å². The molecule has 0 radical (unpaired) electrons. The van der Waals surface area contributed by atoms with E-state index in [1.807, 2.05) is 21.1 Å². The minimum Gasteiger partial charge on any atom is -0.462 e. The average molecular weight is 1420 g/mol. The van der Waals surface area contributed by atoms with Gasteiger partial charge in [0.1, 0.15) is 19.8 Å². The van der Waals surface area contributed by atoms with Crippen molar-refractivity contribution in [2.45, 2.75) is 444 Å². The van der Waals surface area contributed by atoms with Crippen LogP contribution in [0.1, 0.15) is 438 Å². The van der Waals surface area contributed by atoms with Crippen LogP contribution in [0.25, 0.3) is 0 Å². The zero-order chi connectivity index (χ0) is 72.5. The van der Waals surface area contributed by atoms with Crippen molar-refractivity contribution in [3.05, 3.63) is 72.9 Å². The molecule has 0 bridgehead atoms. The Kier molecular flexibility index (Phi) is 78.5. The van der Waals surface area contributed by atoms with E-state index < -0.39 is 26.5 Å². The molecule has 586 valence electrons. The molecule has 0 saturated carbocycles. The Balaban J connectivity index is 3.86. The lowest BCUT2D eigenvalue weighted by Gasteiger charge is -2.24. The van der Waals surface area contributed by atoms with E-state index in [4.69, 9.17) is 18.5 Å². The van der Waals surface area contributed by atoms with E-state index >= 15 is 0 Å². The number of quaternary nitrogens is 1. The van der Waals surface area contributed by atoms with Gasteiger partial charge in [0.05, 0.1) is 27.7 Å². The summed E-state index contributed by atoms with van der Waals surface area (Å²) in [6.45, 7) is 4.40. The second-order valence-corrected chi connectivity index (χ2v) is 32.4. The highest BCUT2D eigenvalue weighted by Gasteiger charge is 2.27. The van der Waals surface area contributed by atoms with Crippen LogP contribution in [-0.4, -0.2) is 74.9 Å². The molecule has 0 aromatic rings. The van der Waals surface area contributed by atoms with Crippen molar-refractivity contribution in [3.63, 3.8) is 0 Å². The molecule has 0 rings (SSSR count). The fraction of sp³-hybridized carbons (Fsp3) is 0.844. The summed E-state index contributed by atoms with van der Waals surface area (Å²) in [6.07, 6.45) is 111. The van der Waals surface area contributed by atoms with Gasteiger partial charge in [-0.1, -0.05) is 414 Å². The third-order valence-corrected chi connectivity index (χ3v) is 20.7. The smallest absolute Gasteiger partial charge is 0.462 e. The summed E-state index contributed by atoms with van der Waals surface area (Å²) >= 11 is 0. The SMILES string of the molecule is CC/C=C\C/C=C\C/C=C\C/C=C\C/C=C\CCCCCCCCCCCCCCCCCCCCCCCCCC(=O)OC(COC(=O)CCCCCCCCCCCCCCCCCCCCCCCCCCC/C=C\CCCCCCCCCC)COP(=O)(O)OCC[N+](C)(C)C. The summed E-state index contributed by atoms with van der Waals surface area (Å²) in [5.41, 5.74) is 0. The number of carbonyl (C=O) groups is 2. The van der Waals surface area contributed by atoms with E-state index in [0.717, 1.165) is 64.2 Å². The summed E-state index contributed by atoms with van der Waals surface area (Å²) in [4.78, 5) is 36.1. The van der Waals surface area contributed by atoms with Crippen molar-refractivity contribution >= 4 is 19.8 Å². The van der Waals surface area contributed by atoms with E-state index in [-0.39, 0.29) is 25.6 Å². The Hall–Kier alpha value is -2.55. The normalized spacial score (nSPS) is 13.3. The van der Waals surface area contributed by atoms with Gasteiger partial charge in [0, 0.05) is 12.8 Å². The minimum absolute atomic E-state index is 0.0341. The zero-order valence-corrected chi connectivity index (χ0v) is 68.1. The van der Waals surface area contributed by atoms with Crippen LogP contribution >= 0.6 is 7.82 Å². The Morgan fingerprint density at radius 1 is 0.320 bits per heavy atom. The van der Waals surface area contributed by atoms with Crippen molar-refractivity contribution in [2.75, 3.05) is 47.5 Å². The first-order valence-corrected chi connectivity index (χ1v) is 45.2. The molecule has 0 saturated heterocycles. The molecule has 2 unspecified atom stereocenters. The number of hydrogen-bond acceptors (Lipinski definition) is 7. The van der Waals surface area contributed by atoms with Gasteiger partial charge in [-0.2, -0.15) is 0 Å². The topological polar surface area (TPSA) is 108 Å². The maximum Gasteiger partial charge on any atom is 0.472 e. The Morgan fingerprint density at radius 3 is 0.860 bits per heavy atom. The van der Waals surface area contributed by atoms with Crippen LogP contribution in [0, 0.1) is 0 Å². The monoisotopic (exact) mass is 1420 g/mol. The van der Waals surface area contributed by atoms with Crippen molar-refractivity contribution in [3.8, 4) is 0 Å². The third kappa shape index (κ3) is 84.4. The van der Waals surface area contributed by atoms with Gasteiger partial charge in [-0.05, 0) is 83.5 Å². The molecule has 100 heavy (non-hydrogen) atoms. The summed E-state index contributed by atoms with van der Waals surface area (Å²) in [7, 11) is 1.50. The highest BCUT2D eigenvalue weighted by Crippen LogP contribution is 2.43. The number of phosphoric ester groups is 1. The number of phosphoric acid groups is 1. The molecule has 0 aromatic heterocycles. The number of carbonyl (C=O) groups excluding carboxylic acids is 2. The van der Waals surface area contributed by atoms with Crippen molar-refractivity contribution in [1.29, 1.82) is 0 Å². The Labute approximate surface area is 622 Å². The summed E-state index contributed by atoms with van der Waals surface area (Å²) in [5, 5.41) is 0. The predicted molar refractivity (Wildman–Crippen MR) is 436 cm³/mol. The number of esters is 2. The molecule has 10 heteroatoms. The van der Waals surface area contributed by atoms with E-state index in [1.165, 1.54) is 340 Å². The van der Waals surface area contributed by atoms with Gasteiger partial charge in [0.2, 0.25) is 0 Å². The summed E-state index contributed by atoms with van der Waals surface area (Å²) in [5.74, 6) is -0.772. The molecule has 0 aromatic carbocycles. The van der Waals surface area contributed by atoms with E-state index in [2.05, 4.69) is 86.8 Å². The maximum absolute atomic E-state index is 12.9. The number of likely N-dealkylation sites (N-methyl/N-ethyl adjacent to an activating group) is 1. The minimum atomic E-state index is -4.40. The van der Waals surface area contributed by atoms with E-state index in [1.54, 1.807) is 0 Å². The first-order valence-electron chi connectivity index (χ1n) is 43.7. The molecule has 2 atom stereocenters. The molecule has 1 N–H and O–H groups in total. The highest BCUT2D eigenvalue weighted by molar-refractivity contribution is 7.47. The predicted octanol–water partition coefficient (Wildman–Crippen LogP) is 29.4. The molecular formula is C90H169NO8P+. The van der Waals surface area contributed by atoms with Gasteiger partial charge in [0.25, 0.3) is 0 Å². The molecular weight excluding hydrogens is 1250 g/mol. The summed E-state index contributed by atoms with van der Waals surface area (Å²) < 4.78 is 34.9. The van der Waals surface area contributed by atoms with E-state index in [0.29, 0.717) is 23.9 Å². The first kappa shape index (κ1) is 97.4. The van der Waals surface area contributed by atoms with Crippen molar-refractivity contribution < 1.29 is 42.1 Å². The van der Waals surface area contributed by atoms with Crippen LogP contribution in [0.5, 0.6) is 0 Å². The lowest BCUT2D eigenvalue weighted by Crippen LogP contribution is -2.37. The lowest BCUT2D eigenvalue weighted by molar-refractivity contribution is -0.870. The van der Waals surface area contributed by atoms with Gasteiger partial charge in [-0.15, -0.1) is 0 Å². The van der Waals surface area contributed by atoms with Crippen molar-refractivity contribution in [2.24, 2.45) is 0 Å². The molecule has 0 aliphatic carbocycles. The van der Waals surface area contributed by atoms with Crippen LogP contribution in [0.3, 0.4) is 0 Å². The summed E-state index contributed by atoms with van der Waals surface area (Å²) in [6, 6.07) is 0. The lowest BCUT2D eigenvalue weighted by atomic mass is 10.0. The molecule has 0 heterocycles. The molecule has 0 fully saturated rings. The van der Waals surface area contributed by atoms with Gasteiger partial charge in [-0.3, -0.25) is 18.6 Å². The van der Waals surface area contributed by atoms with Gasteiger partial charge >= 0.3 is 19.8 Å². The molecule has 0 aliphatic heterocycles. The van der Waals surface area contributed by atoms with Crippen molar-refractivity contribution in [1.82, 2.24) is 0 Å². The Bertz CT molecular complexity index is 1920. The highest BCUT2D eigenvalue weighted by atomic mass is 31.2. The largest absolute Gasteiger partial charge is 0.472 e. The molecule has 9 nitrogen and oxygen atoms in total. The molecule has 0 amide bonds. The molecule has 0 spiro atoms. The van der Waals surface area contributed by atoms with Crippen LogP contribution < -0.4 is 0 Å². The zero-order valence-electron chi connectivity index (χ0n) is 67.2. The number of allylic oxidation sites excluding steroid dienone is 12. The maximum atomic E-state index is 12.9. The van der Waals surface area contributed by atoms with Crippen LogP contribution in [0.15, 0.2) is 72.9 Å². The fourth-order valence-corrected chi connectivity index (χ4v) is 13.8. The first-order chi connectivity index (χ1) is 49.0. The number of unbranched alkanes of at least 4 members (excludes halogenated alkanes) is 56. The third-order valence-electron chi connectivity index (χ3n) is 19.7. The standard InChI is InChI=1S/C90H168NO8P/c1-6-8-10-12-14-16-18-20-22-24-26-28-30-32-34-36-38-40-42-44-45-47-49-51-53-55-57-59-61-63-65-67-69-71-73-75-77-79-81-83-90(93)99-88(87-98-100(94,95)97-85-84-91(3,4)5)86-96-89(92)82-80-78-76-74-72-70-68-66-64-62-60-58-56-54-52-50-48-46-43-41-39-37-35-33-31-29-27-25-23-21-19-17-15-13-11-9-7-2/h8,10,14,16,20,22,25-28,32,34,88H,6-7,9,11-13,15,17-19,21,23-24,29-31,33,35-87H2,1-5H3/p+1/b10-8-,16-14-,22-20-,27-25-,28-26-,34-32-. The average Bonchev–Trinajstić information content (AvgIpc) is 1.07. The number of nitrogens with zero attached hydrogens (tertiary/aromatic N) is 1. The van der Waals surface area contributed by atoms with Crippen LogP contribution in [-0.2, 0) is 32.7 Å². The Morgan fingerprint density at radius 2 is 0.570 bits per heavy atom. The number of ether oxygens (including phenoxy) is 2. The second-order valence-electron chi connectivity index (χ2n) is 30.9. The number of rotatable bonds is 82. The second kappa shape index (κ2) is 80.5. The fourth-order valence-electron chi connectivity index (χ4n) is 13.1. The quantitative estimate of drug-likeness (QED) is 0.0211. The molecule has 0 aliphatic rings. The van der Waals surface area contributed by atoms with Crippen LogP contribution in [0.2, 0.25) is 0 Å². The van der Waals surface area contributed by atoms with Gasteiger partial charge in [-0.25, -0.2) is 4.57 Å². The number of hydrogen-bond donors (Lipinski definition) is 1.